The Morgan fingerprint density at radius 2 is 2.05 bits per heavy atom. The van der Waals surface area contributed by atoms with Gasteiger partial charge < -0.3 is 9.84 Å². The first-order valence-corrected chi connectivity index (χ1v) is 7.87. The van der Waals surface area contributed by atoms with Crippen molar-refractivity contribution in [2.75, 3.05) is 19.7 Å². The molecule has 22 heavy (non-hydrogen) atoms. The predicted octanol–water partition coefficient (Wildman–Crippen LogP) is 1.99. The molecule has 0 bridgehead atoms. The van der Waals surface area contributed by atoms with Crippen LogP contribution in [0.1, 0.15) is 31.7 Å². The van der Waals surface area contributed by atoms with Crippen LogP contribution in [0.2, 0.25) is 0 Å². The highest BCUT2D eigenvalue weighted by Crippen LogP contribution is 2.16. The Morgan fingerprint density at radius 1 is 1.36 bits per heavy atom. The highest BCUT2D eigenvalue weighted by atomic mass is 16.5. The molecule has 120 valence electrons. The second kappa shape index (κ2) is 7.94. The SMILES string of the molecule is CCOC(=O)C(O)(/C=N/N1CCCC1)CCc1ccccc1. The zero-order chi connectivity index (χ0) is 15.8. The minimum Gasteiger partial charge on any atom is -0.464 e. The van der Waals surface area contributed by atoms with E-state index < -0.39 is 11.6 Å². The van der Waals surface area contributed by atoms with E-state index in [0.717, 1.165) is 31.5 Å². The van der Waals surface area contributed by atoms with Gasteiger partial charge in [0.15, 0.2) is 5.60 Å². The second-order valence-electron chi connectivity index (χ2n) is 5.54. The normalized spacial score (nSPS) is 17.6. The summed E-state index contributed by atoms with van der Waals surface area (Å²) in [4.78, 5) is 12.1. The van der Waals surface area contributed by atoms with Gasteiger partial charge in [0.2, 0.25) is 0 Å². The van der Waals surface area contributed by atoms with Gasteiger partial charge in [-0.1, -0.05) is 30.3 Å². The van der Waals surface area contributed by atoms with Crippen LogP contribution in [0.15, 0.2) is 35.4 Å². The largest absolute Gasteiger partial charge is 0.464 e. The number of ether oxygens (including phenoxy) is 1. The van der Waals surface area contributed by atoms with E-state index in [1.165, 1.54) is 6.21 Å². The molecule has 1 aromatic rings. The number of hydrazone groups is 1. The fourth-order valence-corrected chi connectivity index (χ4v) is 2.45. The molecule has 1 heterocycles. The third kappa shape index (κ3) is 4.56. The lowest BCUT2D eigenvalue weighted by Gasteiger charge is -2.22. The molecule has 1 fully saturated rings. The Kier molecular flexibility index (Phi) is 5.95. The molecule has 0 aromatic heterocycles. The third-order valence-electron chi connectivity index (χ3n) is 3.78. The molecule has 1 aliphatic heterocycles. The van der Waals surface area contributed by atoms with Crippen LogP contribution in [0.5, 0.6) is 0 Å². The van der Waals surface area contributed by atoms with Crippen LogP contribution in [0.4, 0.5) is 0 Å². The van der Waals surface area contributed by atoms with E-state index >= 15 is 0 Å². The average molecular weight is 304 g/mol. The smallest absolute Gasteiger partial charge is 0.343 e. The molecule has 0 radical (unpaired) electrons. The lowest BCUT2D eigenvalue weighted by molar-refractivity contribution is -0.158. The van der Waals surface area contributed by atoms with Gasteiger partial charge in [-0.3, -0.25) is 5.01 Å². The highest BCUT2D eigenvalue weighted by Gasteiger charge is 2.36. The van der Waals surface area contributed by atoms with Crippen LogP contribution in [0, 0.1) is 0 Å². The molecular formula is C17H24N2O3. The first-order chi connectivity index (χ1) is 10.6. The molecule has 0 aliphatic carbocycles. The summed E-state index contributed by atoms with van der Waals surface area (Å²) in [7, 11) is 0. The van der Waals surface area contributed by atoms with Gasteiger partial charge in [0, 0.05) is 13.1 Å². The van der Waals surface area contributed by atoms with Crippen LogP contribution in [-0.4, -0.2) is 47.6 Å². The van der Waals surface area contributed by atoms with E-state index in [4.69, 9.17) is 4.74 Å². The van der Waals surface area contributed by atoms with Gasteiger partial charge in [0.1, 0.15) is 0 Å². The summed E-state index contributed by atoms with van der Waals surface area (Å²) in [5, 5.41) is 16.8. The van der Waals surface area contributed by atoms with Gasteiger partial charge in [0.25, 0.3) is 0 Å². The maximum Gasteiger partial charge on any atom is 0.343 e. The minimum absolute atomic E-state index is 0.240. The number of hydrogen-bond donors (Lipinski definition) is 1. The molecule has 2 rings (SSSR count). The summed E-state index contributed by atoms with van der Waals surface area (Å²) in [5.74, 6) is -0.631. The maximum atomic E-state index is 12.1. The summed E-state index contributed by atoms with van der Waals surface area (Å²) in [6.45, 7) is 3.71. The van der Waals surface area contributed by atoms with E-state index in [1.807, 2.05) is 35.3 Å². The molecule has 1 unspecified atom stereocenters. The molecule has 1 saturated heterocycles. The number of nitrogens with zero attached hydrogens (tertiary/aromatic N) is 2. The van der Waals surface area contributed by atoms with E-state index in [0.29, 0.717) is 6.42 Å². The van der Waals surface area contributed by atoms with Gasteiger partial charge in [-0.2, -0.15) is 5.10 Å². The van der Waals surface area contributed by atoms with Gasteiger partial charge in [-0.15, -0.1) is 0 Å². The minimum atomic E-state index is -1.67. The number of aliphatic hydroxyl groups is 1. The van der Waals surface area contributed by atoms with Crippen LogP contribution in [-0.2, 0) is 16.0 Å². The van der Waals surface area contributed by atoms with Crippen molar-refractivity contribution in [3.63, 3.8) is 0 Å². The van der Waals surface area contributed by atoms with Crippen LogP contribution >= 0.6 is 0 Å². The standard InChI is InChI=1S/C17H24N2O3/c1-2-22-16(20)17(21,14-18-19-12-6-7-13-19)11-10-15-8-4-3-5-9-15/h3-5,8-9,14,21H,2,6-7,10-13H2,1H3/b18-14+. The fourth-order valence-electron chi connectivity index (χ4n) is 2.45. The number of aryl methyl sites for hydroxylation is 1. The van der Waals surface area contributed by atoms with Crippen LogP contribution < -0.4 is 0 Å². The van der Waals surface area contributed by atoms with Crippen molar-refractivity contribution in [1.29, 1.82) is 0 Å². The summed E-state index contributed by atoms with van der Waals surface area (Å²) in [5.41, 5.74) is -0.603. The van der Waals surface area contributed by atoms with Crippen molar-refractivity contribution in [2.45, 2.75) is 38.2 Å². The van der Waals surface area contributed by atoms with Crippen molar-refractivity contribution < 1.29 is 14.6 Å². The Balaban J connectivity index is 2.04. The van der Waals surface area contributed by atoms with E-state index in [-0.39, 0.29) is 13.0 Å². The number of carbonyl (C=O) groups is 1. The molecule has 5 heteroatoms. The maximum absolute atomic E-state index is 12.1. The lowest BCUT2D eigenvalue weighted by atomic mass is 9.96. The van der Waals surface area contributed by atoms with Crippen molar-refractivity contribution in [1.82, 2.24) is 5.01 Å². The molecule has 5 nitrogen and oxygen atoms in total. The first-order valence-electron chi connectivity index (χ1n) is 7.87. The molecule has 1 N–H and O–H groups in total. The van der Waals surface area contributed by atoms with Crippen molar-refractivity contribution in [3.8, 4) is 0 Å². The van der Waals surface area contributed by atoms with Crippen molar-refractivity contribution >= 4 is 12.2 Å². The van der Waals surface area contributed by atoms with Crippen molar-refractivity contribution in [3.05, 3.63) is 35.9 Å². The summed E-state index contributed by atoms with van der Waals surface area (Å²) < 4.78 is 5.01. The predicted molar refractivity (Wildman–Crippen MR) is 85.6 cm³/mol. The molecule has 0 spiro atoms. The van der Waals surface area contributed by atoms with E-state index in [1.54, 1.807) is 6.92 Å². The van der Waals surface area contributed by atoms with E-state index in [9.17, 15) is 9.90 Å². The molecule has 0 amide bonds. The van der Waals surface area contributed by atoms with Gasteiger partial charge in [0.05, 0.1) is 12.8 Å². The van der Waals surface area contributed by atoms with Gasteiger partial charge in [-0.05, 0) is 38.2 Å². The number of esters is 1. The third-order valence-corrected chi connectivity index (χ3v) is 3.78. The lowest BCUT2D eigenvalue weighted by Crippen LogP contribution is -2.43. The molecular weight excluding hydrogens is 280 g/mol. The number of carbonyl (C=O) groups excluding carboxylic acids is 1. The van der Waals surface area contributed by atoms with Crippen molar-refractivity contribution in [2.24, 2.45) is 5.10 Å². The highest BCUT2D eigenvalue weighted by molar-refractivity contribution is 5.98. The second-order valence-corrected chi connectivity index (χ2v) is 5.54. The number of hydrogen-bond acceptors (Lipinski definition) is 5. The Bertz CT molecular complexity index is 498. The Morgan fingerprint density at radius 3 is 2.68 bits per heavy atom. The van der Waals surface area contributed by atoms with Gasteiger partial charge in [-0.25, -0.2) is 4.79 Å². The first kappa shape index (κ1) is 16.5. The topological polar surface area (TPSA) is 62.1 Å². The molecule has 1 aromatic carbocycles. The zero-order valence-electron chi connectivity index (χ0n) is 13.1. The fraction of sp³-hybridized carbons (Fsp3) is 0.529. The Labute approximate surface area is 131 Å². The van der Waals surface area contributed by atoms with Gasteiger partial charge >= 0.3 is 5.97 Å². The number of benzene rings is 1. The molecule has 1 aliphatic rings. The molecule has 0 saturated carbocycles. The van der Waals surface area contributed by atoms with E-state index in [2.05, 4.69) is 5.10 Å². The molecule has 1 atom stereocenters. The zero-order valence-corrected chi connectivity index (χ0v) is 13.1. The summed E-state index contributed by atoms with van der Waals surface area (Å²) in [6.07, 6.45) is 4.38. The quantitative estimate of drug-likeness (QED) is 0.618. The summed E-state index contributed by atoms with van der Waals surface area (Å²) >= 11 is 0. The Hall–Kier alpha value is -1.88. The number of rotatable bonds is 7. The van der Waals surface area contributed by atoms with Crippen LogP contribution in [0.3, 0.4) is 0 Å². The average Bonchev–Trinajstić information content (AvgIpc) is 3.06. The van der Waals surface area contributed by atoms with Crippen LogP contribution in [0.25, 0.3) is 0 Å². The summed E-state index contributed by atoms with van der Waals surface area (Å²) in [6, 6.07) is 9.77. The monoisotopic (exact) mass is 304 g/mol.